The number of nitrogen functional groups attached to an aromatic ring is 1. The summed E-state index contributed by atoms with van der Waals surface area (Å²) in [6, 6.07) is 7.48. The van der Waals surface area contributed by atoms with Crippen molar-refractivity contribution in [2.45, 2.75) is 33.2 Å². The lowest BCUT2D eigenvalue weighted by Crippen LogP contribution is -2.06. The smallest absolute Gasteiger partial charge is 0.320 e. The number of imidazole rings is 1. The molecule has 2 N–H and O–H groups in total. The molecule has 0 bridgehead atoms. The van der Waals surface area contributed by atoms with Crippen molar-refractivity contribution in [2.75, 3.05) is 12.3 Å². The first-order valence-corrected chi connectivity index (χ1v) is 9.36. The van der Waals surface area contributed by atoms with Gasteiger partial charge in [0.1, 0.15) is 5.75 Å². The van der Waals surface area contributed by atoms with Crippen LogP contribution in [0.4, 0.5) is 5.82 Å². The Bertz CT molecular complexity index is 956. The molecule has 9 heteroatoms. The highest BCUT2D eigenvalue weighted by Crippen LogP contribution is 2.26. The highest BCUT2D eigenvalue weighted by molar-refractivity contribution is 9.10. The van der Waals surface area contributed by atoms with Crippen molar-refractivity contribution in [2.24, 2.45) is 0 Å². The molecule has 27 heavy (non-hydrogen) atoms. The Morgan fingerprint density at radius 3 is 2.63 bits per heavy atom. The number of ether oxygens (including phenoxy) is 2. The molecule has 2 heterocycles. The maximum absolute atomic E-state index is 11.0. The van der Waals surface area contributed by atoms with E-state index in [-0.39, 0.29) is 17.8 Å². The molecule has 0 atom stereocenters. The zero-order valence-electron chi connectivity index (χ0n) is 15.1. The number of nitrogens with zero attached hydrogens (tertiary/aromatic N) is 4. The first kappa shape index (κ1) is 19.1. The van der Waals surface area contributed by atoms with Gasteiger partial charge in [0.2, 0.25) is 0 Å². The number of hydrogen-bond donors (Lipinski definition) is 1. The number of nitrogens with two attached hydrogens (primary N) is 1. The molecule has 0 radical (unpaired) electrons. The summed E-state index contributed by atoms with van der Waals surface area (Å²) in [5.41, 5.74) is 8.11. The van der Waals surface area contributed by atoms with Gasteiger partial charge in [-0.1, -0.05) is 25.5 Å². The Labute approximate surface area is 164 Å². The van der Waals surface area contributed by atoms with E-state index in [4.69, 9.17) is 15.2 Å². The minimum atomic E-state index is -0.353. The molecule has 0 spiro atoms. The SMILES string of the molecule is CCCCOc1nc(N)c2nc(Br)n(Cc3ccc(OC(C)=O)cc3)c2n1. The number of carbonyl (C=O) groups excluding carboxylic acids is 1. The Morgan fingerprint density at radius 1 is 1.22 bits per heavy atom. The van der Waals surface area contributed by atoms with Crippen LogP contribution < -0.4 is 15.2 Å². The number of aromatic nitrogens is 4. The summed E-state index contributed by atoms with van der Waals surface area (Å²) in [4.78, 5) is 24.1. The predicted octanol–water partition coefficient (Wildman–Crippen LogP) is 3.32. The lowest BCUT2D eigenvalue weighted by atomic mass is 10.2. The highest BCUT2D eigenvalue weighted by Gasteiger charge is 2.16. The number of benzene rings is 1. The van der Waals surface area contributed by atoms with Gasteiger partial charge >= 0.3 is 12.0 Å². The third kappa shape index (κ3) is 4.54. The number of halogens is 1. The van der Waals surface area contributed by atoms with E-state index in [1.165, 1.54) is 6.92 Å². The van der Waals surface area contributed by atoms with Crippen LogP contribution in [0.2, 0.25) is 0 Å². The minimum absolute atomic E-state index is 0.243. The Balaban J connectivity index is 1.88. The van der Waals surface area contributed by atoms with Crippen molar-refractivity contribution in [1.82, 2.24) is 19.5 Å². The molecule has 3 rings (SSSR count). The van der Waals surface area contributed by atoms with E-state index in [0.29, 0.717) is 34.8 Å². The summed E-state index contributed by atoms with van der Waals surface area (Å²) in [6.07, 6.45) is 1.93. The maximum Gasteiger partial charge on any atom is 0.320 e. The number of unbranched alkanes of at least 4 members (excludes halogenated alkanes) is 1. The van der Waals surface area contributed by atoms with Crippen molar-refractivity contribution in [3.63, 3.8) is 0 Å². The standard InChI is InChI=1S/C18H20BrN5O3/c1-3-4-9-26-18-22-15(20)14-16(23-18)24(17(19)21-14)10-12-5-7-13(8-6-12)27-11(2)25/h5-8H,3-4,9-10H2,1-2H3,(H2,20,22,23). The average molecular weight is 434 g/mol. The van der Waals surface area contributed by atoms with E-state index >= 15 is 0 Å². The summed E-state index contributed by atoms with van der Waals surface area (Å²) in [6.45, 7) is 4.49. The van der Waals surface area contributed by atoms with E-state index in [1.807, 2.05) is 16.7 Å². The zero-order chi connectivity index (χ0) is 19.4. The average Bonchev–Trinajstić information content (AvgIpc) is 2.93. The van der Waals surface area contributed by atoms with Gasteiger partial charge in [0, 0.05) is 6.92 Å². The van der Waals surface area contributed by atoms with Crippen molar-refractivity contribution < 1.29 is 14.3 Å². The molecule has 0 aliphatic heterocycles. The summed E-state index contributed by atoms with van der Waals surface area (Å²) in [5.74, 6) is 0.420. The van der Waals surface area contributed by atoms with Gasteiger partial charge in [0.25, 0.3) is 0 Å². The van der Waals surface area contributed by atoms with Gasteiger partial charge in [-0.05, 0) is 40.0 Å². The third-order valence-electron chi connectivity index (χ3n) is 3.81. The normalized spacial score (nSPS) is 10.9. The van der Waals surface area contributed by atoms with E-state index in [9.17, 15) is 4.79 Å². The lowest BCUT2D eigenvalue weighted by Gasteiger charge is -2.08. The summed E-state index contributed by atoms with van der Waals surface area (Å²) < 4.78 is 13.1. The molecular formula is C18H20BrN5O3. The predicted molar refractivity (Wildman–Crippen MR) is 105 cm³/mol. The van der Waals surface area contributed by atoms with Crippen LogP contribution in [-0.2, 0) is 11.3 Å². The molecule has 0 unspecified atom stereocenters. The molecule has 0 aliphatic rings. The Hall–Kier alpha value is -2.68. The van der Waals surface area contributed by atoms with Crippen molar-refractivity contribution >= 4 is 38.9 Å². The fraction of sp³-hybridized carbons (Fsp3) is 0.333. The van der Waals surface area contributed by atoms with Crippen molar-refractivity contribution in [3.8, 4) is 11.8 Å². The lowest BCUT2D eigenvalue weighted by molar-refractivity contribution is -0.131. The van der Waals surface area contributed by atoms with Gasteiger partial charge in [0.15, 0.2) is 21.7 Å². The van der Waals surface area contributed by atoms with Crippen LogP contribution in [0.1, 0.15) is 32.3 Å². The maximum atomic E-state index is 11.0. The molecule has 3 aromatic rings. The summed E-state index contributed by atoms with van der Waals surface area (Å²) >= 11 is 3.46. The van der Waals surface area contributed by atoms with E-state index in [0.717, 1.165) is 18.4 Å². The van der Waals surface area contributed by atoms with Gasteiger partial charge in [-0.25, -0.2) is 4.98 Å². The summed E-state index contributed by atoms with van der Waals surface area (Å²) in [7, 11) is 0. The molecule has 2 aromatic heterocycles. The number of rotatable bonds is 7. The Morgan fingerprint density at radius 2 is 1.96 bits per heavy atom. The van der Waals surface area contributed by atoms with E-state index in [1.54, 1.807) is 12.1 Å². The molecule has 0 amide bonds. The fourth-order valence-corrected chi connectivity index (χ4v) is 2.97. The van der Waals surface area contributed by atoms with Gasteiger partial charge in [0.05, 0.1) is 13.2 Å². The number of hydrogen-bond acceptors (Lipinski definition) is 7. The molecule has 0 fully saturated rings. The van der Waals surface area contributed by atoms with Crippen LogP contribution >= 0.6 is 15.9 Å². The zero-order valence-corrected chi connectivity index (χ0v) is 16.7. The van der Waals surface area contributed by atoms with Crippen LogP contribution in [0.5, 0.6) is 11.8 Å². The number of carbonyl (C=O) groups is 1. The molecule has 1 aromatic carbocycles. The minimum Gasteiger partial charge on any atom is -0.463 e. The second-order valence-electron chi connectivity index (χ2n) is 5.97. The van der Waals surface area contributed by atoms with Crippen LogP contribution in [0.25, 0.3) is 11.2 Å². The number of fused-ring (bicyclic) bond motifs is 1. The number of anilines is 1. The molecule has 8 nitrogen and oxygen atoms in total. The van der Waals surface area contributed by atoms with Crippen LogP contribution in [0.15, 0.2) is 29.0 Å². The second kappa shape index (κ2) is 8.34. The molecule has 142 valence electrons. The van der Waals surface area contributed by atoms with Crippen molar-refractivity contribution in [3.05, 3.63) is 34.6 Å². The fourth-order valence-electron chi connectivity index (χ4n) is 2.50. The largest absolute Gasteiger partial charge is 0.463 e. The molecule has 0 saturated heterocycles. The van der Waals surface area contributed by atoms with Gasteiger partial charge < -0.3 is 15.2 Å². The van der Waals surface area contributed by atoms with Crippen LogP contribution in [0, 0.1) is 0 Å². The first-order chi connectivity index (χ1) is 13.0. The van der Waals surface area contributed by atoms with Gasteiger partial charge in [-0.2, -0.15) is 9.97 Å². The molecular weight excluding hydrogens is 414 g/mol. The molecule has 0 saturated carbocycles. The molecule has 0 aliphatic carbocycles. The van der Waals surface area contributed by atoms with Crippen molar-refractivity contribution in [1.29, 1.82) is 0 Å². The monoisotopic (exact) mass is 433 g/mol. The second-order valence-corrected chi connectivity index (χ2v) is 6.68. The Kier molecular flexibility index (Phi) is 5.90. The van der Waals surface area contributed by atoms with E-state index < -0.39 is 0 Å². The van der Waals surface area contributed by atoms with Gasteiger partial charge in [-0.15, -0.1) is 0 Å². The van der Waals surface area contributed by atoms with E-state index in [2.05, 4.69) is 37.8 Å². The quantitative estimate of drug-likeness (QED) is 0.263. The number of esters is 1. The highest BCUT2D eigenvalue weighted by atomic mass is 79.9. The van der Waals surface area contributed by atoms with Crippen LogP contribution in [0.3, 0.4) is 0 Å². The summed E-state index contributed by atoms with van der Waals surface area (Å²) in [5, 5.41) is 0. The van der Waals surface area contributed by atoms with Gasteiger partial charge in [-0.3, -0.25) is 9.36 Å². The first-order valence-electron chi connectivity index (χ1n) is 8.57. The van der Waals surface area contributed by atoms with Crippen LogP contribution in [-0.4, -0.2) is 32.1 Å². The third-order valence-corrected chi connectivity index (χ3v) is 4.41. The topological polar surface area (TPSA) is 105 Å².